The molecule has 2 aromatic rings. The summed E-state index contributed by atoms with van der Waals surface area (Å²) in [5.74, 6) is 0.288. The first kappa shape index (κ1) is 21.6. The van der Waals surface area contributed by atoms with E-state index in [1.54, 1.807) is 35.2 Å². The number of sulfonamides is 1. The minimum Gasteiger partial charge on any atom is -0.496 e. The van der Waals surface area contributed by atoms with Gasteiger partial charge >= 0.3 is 0 Å². The highest BCUT2D eigenvalue weighted by molar-refractivity contribution is 9.10. The highest BCUT2D eigenvalue weighted by Gasteiger charge is 2.28. The molecule has 29 heavy (non-hydrogen) atoms. The van der Waals surface area contributed by atoms with Gasteiger partial charge in [0.1, 0.15) is 5.75 Å². The van der Waals surface area contributed by atoms with Gasteiger partial charge in [0.05, 0.1) is 39.9 Å². The number of nitrogens with zero attached hydrogens (tertiary/aromatic N) is 1. The summed E-state index contributed by atoms with van der Waals surface area (Å²) >= 11 is 3.30. The Bertz CT molecular complexity index is 1000. The van der Waals surface area contributed by atoms with Gasteiger partial charge in [0, 0.05) is 13.1 Å². The third-order valence-electron chi connectivity index (χ3n) is 4.54. The molecule has 9 heteroatoms. The maximum atomic E-state index is 13.1. The molecule has 3 rings (SSSR count). The van der Waals surface area contributed by atoms with Crippen molar-refractivity contribution in [1.82, 2.24) is 4.90 Å². The SMILES string of the molecule is COc1ccc(S(=O)(=O)Nc2ccccc2C(=O)N2CC(C)OC(C)C2)cc1Br. The number of methoxy groups -OCH3 is 1. The first-order valence-electron chi connectivity index (χ1n) is 9.11. The summed E-state index contributed by atoms with van der Waals surface area (Å²) in [6, 6.07) is 11.1. The van der Waals surface area contributed by atoms with Crippen LogP contribution in [0.25, 0.3) is 0 Å². The van der Waals surface area contributed by atoms with Crippen LogP contribution in [-0.4, -0.2) is 51.6 Å². The number of rotatable bonds is 5. The van der Waals surface area contributed by atoms with Crippen LogP contribution in [0.2, 0.25) is 0 Å². The van der Waals surface area contributed by atoms with E-state index in [4.69, 9.17) is 9.47 Å². The molecule has 2 unspecified atom stereocenters. The molecule has 1 amide bonds. The van der Waals surface area contributed by atoms with Crippen LogP contribution in [0.5, 0.6) is 5.75 Å². The predicted octanol–water partition coefficient (Wildman–Crippen LogP) is 3.51. The number of carbonyl (C=O) groups excluding carboxylic acids is 1. The van der Waals surface area contributed by atoms with Crippen LogP contribution >= 0.6 is 15.9 Å². The van der Waals surface area contributed by atoms with Gasteiger partial charge in [0.25, 0.3) is 15.9 Å². The number of benzene rings is 2. The van der Waals surface area contributed by atoms with Crippen LogP contribution in [0.1, 0.15) is 24.2 Å². The quantitative estimate of drug-likeness (QED) is 0.704. The molecular formula is C20H23BrN2O5S. The zero-order valence-corrected chi connectivity index (χ0v) is 18.8. The van der Waals surface area contributed by atoms with Crippen molar-refractivity contribution in [1.29, 1.82) is 0 Å². The summed E-state index contributed by atoms with van der Waals surface area (Å²) in [6.45, 7) is 4.73. The second kappa shape index (κ2) is 8.73. The molecule has 0 bridgehead atoms. The molecule has 2 aromatic carbocycles. The highest BCUT2D eigenvalue weighted by atomic mass is 79.9. The van der Waals surface area contributed by atoms with Gasteiger partial charge in [-0.25, -0.2) is 8.42 Å². The fourth-order valence-electron chi connectivity index (χ4n) is 3.29. The lowest BCUT2D eigenvalue weighted by Gasteiger charge is -2.35. The zero-order chi connectivity index (χ0) is 21.2. The van der Waals surface area contributed by atoms with Crippen LogP contribution < -0.4 is 9.46 Å². The van der Waals surface area contributed by atoms with Gasteiger partial charge in [-0.15, -0.1) is 0 Å². The van der Waals surface area contributed by atoms with Crippen molar-refractivity contribution >= 4 is 37.5 Å². The molecule has 0 aromatic heterocycles. The lowest BCUT2D eigenvalue weighted by atomic mass is 10.1. The number of amides is 1. The number of hydrogen-bond donors (Lipinski definition) is 1. The number of morpholine rings is 1. The van der Waals surface area contributed by atoms with Crippen LogP contribution in [0.15, 0.2) is 51.8 Å². The molecule has 1 saturated heterocycles. The van der Waals surface area contributed by atoms with Crippen molar-refractivity contribution in [3.05, 3.63) is 52.5 Å². The van der Waals surface area contributed by atoms with Crippen molar-refractivity contribution in [2.24, 2.45) is 0 Å². The van der Waals surface area contributed by atoms with Crippen molar-refractivity contribution in [2.45, 2.75) is 31.0 Å². The summed E-state index contributed by atoms with van der Waals surface area (Å²) in [5, 5.41) is 0. The van der Waals surface area contributed by atoms with E-state index < -0.39 is 10.0 Å². The fourth-order valence-corrected chi connectivity index (χ4v) is 5.09. The van der Waals surface area contributed by atoms with Gasteiger partial charge in [-0.3, -0.25) is 9.52 Å². The van der Waals surface area contributed by atoms with E-state index in [0.717, 1.165) is 0 Å². The van der Waals surface area contributed by atoms with E-state index in [9.17, 15) is 13.2 Å². The Kier molecular flexibility index (Phi) is 6.50. The molecule has 1 aliphatic heterocycles. The smallest absolute Gasteiger partial charge is 0.261 e. The van der Waals surface area contributed by atoms with Gasteiger partial charge in [-0.05, 0) is 60.1 Å². The molecular weight excluding hydrogens is 460 g/mol. The molecule has 1 heterocycles. The summed E-state index contributed by atoms with van der Waals surface area (Å²) in [7, 11) is -2.40. The number of nitrogens with one attached hydrogen (secondary N) is 1. The number of anilines is 1. The molecule has 7 nitrogen and oxygen atoms in total. The van der Waals surface area contributed by atoms with E-state index in [-0.39, 0.29) is 28.7 Å². The molecule has 1 aliphatic rings. The van der Waals surface area contributed by atoms with Gasteiger partial charge in [-0.1, -0.05) is 12.1 Å². The van der Waals surface area contributed by atoms with Crippen LogP contribution in [0.3, 0.4) is 0 Å². The lowest BCUT2D eigenvalue weighted by Crippen LogP contribution is -2.48. The standard InChI is InChI=1S/C20H23BrN2O5S/c1-13-11-23(12-14(2)28-13)20(24)16-6-4-5-7-18(16)22-29(25,26)15-8-9-19(27-3)17(21)10-15/h4-10,13-14,22H,11-12H2,1-3H3. The lowest BCUT2D eigenvalue weighted by molar-refractivity contribution is -0.0585. The van der Waals surface area contributed by atoms with E-state index >= 15 is 0 Å². The Morgan fingerprint density at radius 2 is 1.83 bits per heavy atom. The van der Waals surface area contributed by atoms with Crippen molar-refractivity contribution in [3.8, 4) is 5.75 Å². The second-order valence-electron chi connectivity index (χ2n) is 6.91. The van der Waals surface area contributed by atoms with Crippen LogP contribution in [0, 0.1) is 0 Å². The van der Waals surface area contributed by atoms with E-state index in [1.807, 2.05) is 13.8 Å². The Morgan fingerprint density at radius 1 is 1.17 bits per heavy atom. The number of hydrogen-bond acceptors (Lipinski definition) is 5. The average Bonchev–Trinajstić information content (AvgIpc) is 2.66. The number of para-hydroxylation sites is 1. The predicted molar refractivity (Wildman–Crippen MR) is 114 cm³/mol. The Labute approximate surface area is 179 Å². The maximum absolute atomic E-state index is 13.1. The summed E-state index contributed by atoms with van der Waals surface area (Å²) in [4.78, 5) is 14.8. The molecule has 0 spiro atoms. The first-order chi connectivity index (χ1) is 13.7. The Hall–Kier alpha value is -2.10. The largest absolute Gasteiger partial charge is 0.496 e. The Morgan fingerprint density at radius 3 is 2.45 bits per heavy atom. The topological polar surface area (TPSA) is 84.9 Å². The van der Waals surface area contributed by atoms with Crippen molar-refractivity contribution in [2.75, 3.05) is 24.9 Å². The summed E-state index contributed by atoms with van der Waals surface area (Å²) in [5.41, 5.74) is 0.529. The molecule has 2 atom stereocenters. The minimum absolute atomic E-state index is 0.0565. The number of ether oxygens (including phenoxy) is 2. The minimum atomic E-state index is -3.90. The third-order valence-corrected chi connectivity index (χ3v) is 6.53. The number of halogens is 1. The second-order valence-corrected chi connectivity index (χ2v) is 9.45. The maximum Gasteiger partial charge on any atom is 0.261 e. The molecule has 156 valence electrons. The summed E-state index contributed by atoms with van der Waals surface area (Å²) < 4.78 is 39.7. The Balaban J connectivity index is 1.89. The van der Waals surface area contributed by atoms with E-state index in [1.165, 1.54) is 19.2 Å². The normalized spacial score (nSPS) is 19.7. The monoisotopic (exact) mass is 482 g/mol. The van der Waals surface area contributed by atoms with Crippen LogP contribution in [-0.2, 0) is 14.8 Å². The number of carbonyl (C=O) groups is 1. The van der Waals surface area contributed by atoms with Crippen LogP contribution in [0.4, 0.5) is 5.69 Å². The van der Waals surface area contributed by atoms with Gasteiger partial charge in [0.15, 0.2) is 0 Å². The fraction of sp³-hybridized carbons (Fsp3) is 0.350. The van der Waals surface area contributed by atoms with E-state index in [2.05, 4.69) is 20.7 Å². The first-order valence-corrected chi connectivity index (χ1v) is 11.4. The van der Waals surface area contributed by atoms with Gasteiger partial charge < -0.3 is 14.4 Å². The molecule has 0 saturated carbocycles. The van der Waals surface area contributed by atoms with Gasteiger partial charge in [0.2, 0.25) is 0 Å². The molecule has 0 aliphatic carbocycles. The third kappa shape index (κ3) is 4.91. The summed E-state index contributed by atoms with van der Waals surface area (Å²) in [6.07, 6.45) is -0.161. The van der Waals surface area contributed by atoms with Crippen molar-refractivity contribution in [3.63, 3.8) is 0 Å². The highest BCUT2D eigenvalue weighted by Crippen LogP contribution is 2.29. The molecule has 1 fully saturated rings. The van der Waals surface area contributed by atoms with E-state index in [0.29, 0.717) is 28.9 Å². The average molecular weight is 483 g/mol. The van der Waals surface area contributed by atoms with Crippen molar-refractivity contribution < 1.29 is 22.7 Å². The molecule has 1 N–H and O–H groups in total. The zero-order valence-electron chi connectivity index (χ0n) is 16.4. The molecule has 0 radical (unpaired) electrons. The van der Waals surface area contributed by atoms with Gasteiger partial charge in [-0.2, -0.15) is 0 Å².